The average molecular weight is 181 g/mol. The Balaban J connectivity index is 3.82. The Morgan fingerprint density at radius 2 is 1.69 bits per heavy atom. The van der Waals surface area contributed by atoms with E-state index >= 15 is 0 Å². The lowest BCUT2D eigenvalue weighted by Gasteiger charge is -2.16. The number of nitriles is 2. The fraction of sp³-hybridized carbons (Fsp3) is 0.625. The van der Waals surface area contributed by atoms with Crippen molar-refractivity contribution in [1.82, 2.24) is 4.90 Å². The maximum atomic E-state index is 10.3. The highest BCUT2D eigenvalue weighted by Crippen LogP contribution is 1.93. The minimum atomic E-state index is -0.934. The summed E-state index contributed by atoms with van der Waals surface area (Å²) >= 11 is 0. The summed E-state index contributed by atoms with van der Waals surface area (Å²) in [6.45, 7) is 0.707. The van der Waals surface area contributed by atoms with Crippen molar-refractivity contribution in [1.29, 1.82) is 10.5 Å². The van der Waals surface area contributed by atoms with Gasteiger partial charge >= 0.3 is 5.97 Å². The Morgan fingerprint density at radius 1 is 1.23 bits per heavy atom. The van der Waals surface area contributed by atoms with E-state index in [0.29, 0.717) is 25.9 Å². The molecule has 1 N–H and O–H groups in total. The van der Waals surface area contributed by atoms with Crippen molar-refractivity contribution < 1.29 is 9.90 Å². The molecule has 0 spiro atoms. The molecule has 0 saturated carbocycles. The molecule has 0 aromatic carbocycles. The maximum absolute atomic E-state index is 10.3. The summed E-state index contributed by atoms with van der Waals surface area (Å²) < 4.78 is 0. The number of carboxylic acid groups (broad SMARTS) is 1. The van der Waals surface area contributed by atoms with Gasteiger partial charge in [0.05, 0.1) is 18.7 Å². The Hall–Kier alpha value is -1.59. The molecule has 0 aromatic heterocycles. The van der Waals surface area contributed by atoms with E-state index < -0.39 is 5.97 Å². The van der Waals surface area contributed by atoms with Gasteiger partial charge in [0.15, 0.2) is 0 Å². The zero-order valence-electron chi connectivity index (χ0n) is 7.23. The molecule has 5 nitrogen and oxygen atoms in total. The van der Waals surface area contributed by atoms with Crippen LogP contribution in [0.2, 0.25) is 0 Å². The molecule has 0 saturated heterocycles. The van der Waals surface area contributed by atoms with Crippen LogP contribution in [0.15, 0.2) is 0 Å². The van der Waals surface area contributed by atoms with Crippen molar-refractivity contribution in [2.45, 2.75) is 12.8 Å². The smallest absolute Gasteiger partial charge is 0.317 e. The Kier molecular flexibility index (Phi) is 6.21. The summed E-state index contributed by atoms with van der Waals surface area (Å²) in [4.78, 5) is 11.9. The number of nitrogens with zero attached hydrogens (tertiary/aromatic N) is 3. The normalized spacial score (nSPS) is 9.15. The molecule has 0 atom stereocenters. The minimum absolute atomic E-state index is 0.108. The summed E-state index contributed by atoms with van der Waals surface area (Å²) in [7, 11) is 0. The molecule has 0 amide bonds. The predicted molar refractivity (Wildman–Crippen MR) is 44.5 cm³/mol. The highest BCUT2D eigenvalue weighted by molar-refractivity contribution is 5.69. The van der Waals surface area contributed by atoms with Crippen LogP contribution in [0.1, 0.15) is 12.8 Å². The van der Waals surface area contributed by atoms with Crippen molar-refractivity contribution in [3.05, 3.63) is 0 Å². The molecular weight excluding hydrogens is 170 g/mol. The van der Waals surface area contributed by atoms with Gasteiger partial charge in [-0.25, -0.2) is 0 Å². The molecule has 0 aliphatic carbocycles. The van der Waals surface area contributed by atoms with Gasteiger partial charge in [-0.3, -0.25) is 9.69 Å². The zero-order valence-corrected chi connectivity index (χ0v) is 7.23. The van der Waals surface area contributed by atoms with E-state index in [1.165, 1.54) is 0 Å². The van der Waals surface area contributed by atoms with E-state index in [1.807, 2.05) is 12.1 Å². The molecule has 13 heavy (non-hydrogen) atoms. The number of hydrogen-bond donors (Lipinski definition) is 1. The summed E-state index contributed by atoms with van der Waals surface area (Å²) in [6.07, 6.45) is 0.581. The summed E-state index contributed by atoms with van der Waals surface area (Å²) in [5.41, 5.74) is 0. The summed E-state index contributed by atoms with van der Waals surface area (Å²) in [6, 6.07) is 3.86. The number of aliphatic carboxylic acids is 1. The van der Waals surface area contributed by atoms with Crippen molar-refractivity contribution in [3.8, 4) is 12.1 Å². The SMILES string of the molecule is N#CCCN(CCC#N)CC(=O)O. The minimum Gasteiger partial charge on any atom is -0.480 e. The quantitative estimate of drug-likeness (QED) is 0.632. The number of carboxylic acids is 1. The first-order valence-electron chi connectivity index (χ1n) is 3.88. The molecule has 0 aliphatic rings. The van der Waals surface area contributed by atoms with Crippen LogP contribution in [0.25, 0.3) is 0 Å². The van der Waals surface area contributed by atoms with Crippen LogP contribution in [-0.2, 0) is 4.79 Å². The lowest BCUT2D eigenvalue weighted by atomic mass is 10.3. The standard InChI is InChI=1S/C8H11N3O2/c9-3-1-5-11(6-2-4-10)7-8(12)13/h1-2,5-7H2,(H,12,13). The van der Waals surface area contributed by atoms with E-state index in [4.69, 9.17) is 15.6 Å². The van der Waals surface area contributed by atoms with Crippen LogP contribution in [0, 0.1) is 22.7 Å². The second-order valence-electron chi connectivity index (χ2n) is 2.49. The molecule has 0 fully saturated rings. The van der Waals surface area contributed by atoms with Gasteiger partial charge in [0, 0.05) is 25.9 Å². The number of hydrogen-bond acceptors (Lipinski definition) is 4. The van der Waals surface area contributed by atoms with Gasteiger partial charge in [-0.15, -0.1) is 0 Å². The van der Waals surface area contributed by atoms with E-state index in [9.17, 15) is 4.79 Å². The third-order valence-corrected chi connectivity index (χ3v) is 1.44. The topological polar surface area (TPSA) is 88.1 Å². The van der Waals surface area contributed by atoms with Crippen molar-refractivity contribution in [3.63, 3.8) is 0 Å². The van der Waals surface area contributed by atoms with Crippen molar-refractivity contribution in [2.75, 3.05) is 19.6 Å². The van der Waals surface area contributed by atoms with E-state index in [0.717, 1.165) is 0 Å². The van der Waals surface area contributed by atoms with Crippen LogP contribution >= 0.6 is 0 Å². The number of rotatable bonds is 6. The van der Waals surface area contributed by atoms with Crippen LogP contribution in [-0.4, -0.2) is 35.6 Å². The highest BCUT2D eigenvalue weighted by atomic mass is 16.4. The molecule has 5 heteroatoms. The highest BCUT2D eigenvalue weighted by Gasteiger charge is 2.07. The second kappa shape index (κ2) is 7.08. The van der Waals surface area contributed by atoms with Gasteiger partial charge in [0.25, 0.3) is 0 Å². The van der Waals surface area contributed by atoms with Gasteiger partial charge < -0.3 is 5.11 Å². The lowest BCUT2D eigenvalue weighted by Crippen LogP contribution is -2.31. The molecule has 0 aromatic rings. The first-order valence-corrected chi connectivity index (χ1v) is 3.88. The summed E-state index contributed by atoms with van der Waals surface area (Å²) in [5.74, 6) is -0.934. The zero-order chi connectivity index (χ0) is 10.1. The van der Waals surface area contributed by atoms with Crippen LogP contribution in [0.5, 0.6) is 0 Å². The van der Waals surface area contributed by atoms with Gasteiger partial charge in [0.2, 0.25) is 0 Å². The van der Waals surface area contributed by atoms with E-state index in [1.54, 1.807) is 4.90 Å². The monoisotopic (exact) mass is 181 g/mol. The first-order chi connectivity index (χ1) is 6.20. The summed E-state index contributed by atoms with van der Waals surface area (Å²) in [5, 5.41) is 25.0. The lowest BCUT2D eigenvalue weighted by molar-refractivity contribution is -0.138. The van der Waals surface area contributed by atoms with Crippen LogP contribution in [0.4, 0.5) is 0 Å². The van der Waals surface area contributed by atoms with Crippen LogP contribution < -0.4 is 0 Å². The maximum Gasteiger partial charge on any atom is 0.317 e. The molecule has 0 bridgehead atoms. The Morgan fingerprint density at radius 3 is 2.00 bits per heavy atom. The first kappa shape index (κ1) is 11.4. The molecule has 0 heterocycles. The fourth-order valence-electron chi connectivity index (χ4n) is 0.877. The van der Waals surface area contributed by atoms with Gasteiger partial charge in [0.1, 0.15) is 0 Å². The average Bonchev–Trinajstić information content (AvgIpc) is 2.09. The van der Waals surface area contributed by atoms with Crippen molar-refractivity contribution in [2.24, 2.45) is 0 Å². The Bertz CT molecular complexity index is 221. The molecule has 70 valence electrons. The van der Waals surface area contributed by atoms with E-state index in [-0.39, 0.29) is 6.54 Å². The molecular formula is C8H11N3O2. The van der Waals surface area contributed by atoms with Gasteiger partial charge in [-0.05, 0) is 0 Å². The largest absolute Gasteiger partial charge is 0.480 e. The predicted octanol–water partition coefficient (Wildman–Crippen LogP) is 0.200. The van der Waals surface area contributed by atoms with Gasteiger partial charge in [-0.1, -0.05) is 0 Å². The fourth-order valence-corrected chi connectivity index (χ4v) is 0.877. The third-order valence-electron chi connectivity index (χ3n) is 1.44. The Labute approximate surface area is 76.8 Å². The third kappa shape index (κ3) is 6.79. The second-order valence-corrected chi connectivity index (χ2v) is 2.49. The van der Waals surface area contributed by atoms with Crippen LogP contribution in [0.3, 0.4) is 0 Å². The molecule has 0 aliphatic heterocycles. The van der Waals surface area contributed by atoms with Gasteiger partial charge in [-0.2, -0.15) is 10.5 Å². The molecule has 0 radical (unpaired) electrons. The number of carbonyl (C=O) groups is 1. The molecule has 0 unspecified atom stereocenters. The van der Waals surface area contributed by atoms with E-state index in [2.05, 4.69) is 0 Å². The molecule has 0 rings (SSSR count). The van der Waals surface area contributed by atoms with Crippen molar-refractivity contribution >= 4 is 5.97 Å².